The van der Waals surface area contributed by atoms with Gasteiger partial charge in [-0.3, -0.25) is 39.9 Å². The van der Waals surface area contributed by atoms with Crippen molar-refractivity contribution in [3.8, 4) is 0 Å². The van der Waals surface area contributed by atoms with E-state index in [1.165, 1.54) is 43.8 Å². The van der Waals surface area contributed by atoms with Gasteiger partial charge in [0.25, 0.3) is 0 Å². The summed E-state index contributed by atoms with van der Waals surface area (Å²) in [6, 6.07) is 58.8. The highest BCUT2D eigenvalue weighted by Crippen LogP contribution is 2.16. The van der Waals surface area contributed by atoms with Gasteiger partial charge in [0, 0.05) is 83.0 Å². The Morgan fingerprint density at radius 1 is 0.247 bits per heavy atom. The Labute approximate surface area is 449 Å². The Hall–Kier alpha value is -9.87. The van der Waals surface area contributed by atoms with Gasteiger partial charge in [-0.2, -0.15) is 0 Å². The van der Waals surface area contributed by atoms with Crippen LogP contribution >= 0.6 is 0 Å². The van der Waals surface area contributed by atoms with Crippen LogP contribution in [0, 0.1) is 48.5 Å². The molecule has 0 N–H and O–H groups in total. The lowest BCUT2D eigenvalue weighted by atomic mass is 10.1. The van der Waals surface area contributed by atoms with Gasteiger partial charge >= 0.3 is 0 Å². The van der Waals surface area contributed by atoms with Gasteiger partial charge in [0.15, 0.2) is 0 Å². The summed E-state index contributed by atoms with van der Waals surface area (Å²) in [5.41, 5.74) is 15.9. The predicted molar refractivity (Wildman–Crippen MR) is 317 cm³/mol. The van der Waals surface area contributed by atoms with Gasteiger partial charge in [0.2, 0.25) is 0 Å². The first kappa shape index (κ1) is 53.4. The van der Waals surface area contributed by atoms with Crippen LogP contribution in [-0.2, 0) is 0 Å². The molecule has 0 aliphatic rings. The molecule has 7 aromatic heterocycles. The summed E-state index contributed by atoms with van der Waals surface area (Å²) < 4.78 is 0. The number of rotatable bonds is 0. The lowest BCUT2D eigenvalue weighted by molar-refractivity contribution is 1.09. The molecule has 378 valence electrons. The average molecular weight is 1010 g/mol. The third-order valence-electron chi connectivity index (χ3n) is 11.8. The number of hydrogen-bond acceptors (Lipinski definition) is 11. The van der Waals surface area contributed by atoms with Crippen LogP contribution in [-0.4, -0.2) is 54.8 Å². The smallest absolute Gasteiger partial charge is 0.125 e. The molecule has 0 spiro atoms. The van der Waals surface area contributed by atoms with Crippen LogP contribution in [0.15, 0.2) is 232 Å². The molecule has 0 amide bonds. The summed E-state index contributed by atoms with van der Waals surface area (Å²) in [6.07, 6.45) is 16.1. The highest BCUT2D eigenvalue weighted by molar-refractivity contribution is 5.82. The van der Waals surface area contributed by atoms with Gasteiger partial charge in [0.1, 0.15) is 5.82 Å². The minimum Gasteiger partial charge on any atom is -0.261 e. The molecule has 0 saturated carbocycles. The Morgan fingerprint density at radius 2 is 0.766 bits per heavy atom. The second kappa shape index (κ2) is 26.9. The first-order valence-electron chi connectivity index (χ1n) is 25.2. The summed E-state index contributed by atoms with van der Waals surface area (Å²) in [5, 5.41) is 6.00. The van der Waals surface area contributed by atoms with Crippen molar-refractivity contribution >= 4 is 76.6 Å². The van der Waals surface area contributed by atoms with E-state index in [0.717, 1.165) is 72.2 Å². The van der Waals surface area contributed by atoms with Crippen molar-refractivity contribution in [2.45, 2.75) is 48.5 Å². The molecular weight excluding hydrogens is 947 g/mol. The van der Waals surface area contributed by atoms with Gasteiger partial charge in [-0.05, 0) is 143 Å². The minimum absolute atomic E-state index is 0.823. The SMILES string of the molecule is Cc1cc2ccccc2cn1.Cc1ccc2ncccc2c1.Cc1ccc2nccnc2c1.Cc1cccc2nccnc12.Cc1cnc2ccccc2c1.Cc1cnc2ccccc2n1.Cc1ncc2ccccc2n1. The summed E-state index contributed by atoms with van der Waals surface area (Å²) in [7, 11) is 0. The topological polar surface area (TPSA) is 142 Å². The predicted octanol–water partition coefficient (Wildman–Crippen LogP) is 15.4. The molecule has 14 rings (SSSR count). The van der Waals surface area contributed by atoms with Crippen LogP contribution in [0.4, 0.5) is 0 Å². The van der Waals surface area contributed by atoms with E-state index in [0.29, 0.717) is 0 Å². The molecule has 7 aromatic carbocycles. The largest absolute Gasteiger partial charge is 0.261 e. The van der Waals surface area contributed by atoms with Crippen molar-refractivity contribution in [2.24, 2.45) is 0 Å². The number of para-hydroxylation sites is 5. The molecule has 14 aromatic rings. The van der Waals surface area contributed by atoms with E-state index in [1.807, 2.05) is 187 Å². The number of hydrogen-bond donors (Lipinski definition) is 0. The molecule has 77 heavy (non-hydrogen) atoms. The van der Waals surface area contributed by atoms with E-state index >= 15 is 0 Å². The summed E-state index contributed by atoms with van der Waals surface area (Å²) in [4.78, 5) is 46.3. The molecule has 0 aliphatic carbocycles. The third kappa shape index (κ3) is 15.8. The molecule has 0 saturated heterocycles. The maximum Gasteiger partial charge on any atom is 0.125 e. The van der Waals surface area contributed by atoms with Crippen LogP contribution in [0.3, 0.4) is 0 Å². The zero-order chi connectivity index (χ0) is 53.8. The Balaban J connectivity index is 0.000000119. The molecule has 0 atom stereocenters. The molecular formula is C66H59N11. The molecule has 11 heteroatoms. The number of benzene rings is 7. The first-order valence-corrected chi connectivity index (χ1v) is 25.2. The third-order valence-corrected chi connectivity index (χ3v) is 11.8. The van der Waals surface area contributed by atoms with Crippen LogP contribution in [0.2, 0.25) is 0 Å². The van der Waals surface area contributed by atoms with Crippen molar-refractivity contribution in [2.75, 3.05) is 0 Å². The van der Waals surface area contributed by atoms with Crippen LogP contribution < -0.4 is 0 Å². The zero-order valence-corrected chi connectivity index (χ0v) is 44.4. The monoisotopic (exact) mass is 1010 g/mol. The zero-order valence-electron chi connectivity index (χ0n) is 44.4. The van der Waals surface area contributed by atoms with E-state index in [9.17, 15) is 0 Å². The van der Waals surface area contributed by atoms with Crippen LogP contribution in [0.25, 0.3) is 76.6 Å². The van der Waals surface area contributed by atoms with Gasteiger partial charge in [0.05, 0.1) is 55.3 Å². The highest BCUT2D eigenvalue weighted by Gasteiger charge is 1.98. The number of nitrogens with zero attached hydrogens (tertiary/aromatic N) is 11. The van der Waals surface area contributed by atoms with E-state index in [-0.39, 0.29) is 0 Å². The Kier molecular flexibility index (Phi) is 18.7. The standard InChI is InChI=1S/3C10H9N.4C9H8N2/c1-8-4-5-10-9(7-8)3-2-6-11-10;1-8-6-9-4-2-3-5-10(9)7-11-8;1-8-6-9-4-2-3-5-10(9)11-7-8;1-7-2-3-8-9(6-7)11-5-4-10-8;1-7-3-2-4-8-9(7)11-6-5-10-8;1-7-10-6-8-4-2-3-5-9(8)11-7;1-7-6-10-8-4-2-3-5-9(8)11-7/h3*2-7H,1H3;4*2-6H,1H3. The van der Waals surface area contributed by atoms with Gasteiger partial charge in [-0.1, -0.05) is 109 Å². The first-order chi connectivity index (χ1) is 37.5. The molecule has 0 bridgehead atoms. The minimum atomic E-state index is 0.823. The fourth-order valence-electron chi connectivity index (χ4n) is 7.89. The summed E-state index contributed by atoms with van der Waals surface area (Å²) in [6.45, 7) is 14.1. The van der Waals surface area contributed by atoms with Gasteiger partial charge < -0.3 is 0 Å². The Bertz CT molecular complexity index is 3570. The van der Waals surface area contributed by atoms with Crippen LogP contribution in [0.1, 0.15) is 39.5 Å². The van der Waals surface area contributed by atoms with E-state index < -0.39 is 0 Å². The van der Waals surface area contributed by atoms with Crippen molar-refractivity contribution in [3.05, 3.63) is 271 Å². The number of aryl methyl sites for hydroxylation is 7. The van der Waals surface area contributed by atoms with Gasteiger partial charge in [-0.15, -0.1) is 0 Å². The maximum absolute atomic E-state index is 4.31. The second-order valence-corrected chi connectivity index (χ2v) is 18.1. The van der Waals surface area contributed by atoms with Crippen molar-refractivity contribution in [3.63, 3.8) is 0 Å². The molecule has 0 aliphatic heterocycles. The molecule has 7 heterocycles. The quantitative estimate of drug-likeness (QED) is 0.143. The van der Waals surface area contributed by atoms with E-state index in [1.54, 1.807) is 31.0 Å². The van der Waals surface area contributed by atoms with E-state index in [2.05, 4.69) is 117 Å². The number of aromatic nitrogens is 11. The fraction of sp³-hybridized carbons (Fsp3) is 0.106. The lowest BCUT2D eigenvalue weighted by Crippen LogP contribution is -1.86. The fourth-order valence-corrected chi connectivity index (χ4v) is 7.89. The van der Waals surface area contributed by atoms with Crippen molar-refractivity contribution < 1.29 is 0 Å². The average Bonchev–Trinajstić information content (AvgIpc) is 3.46. The van der Waals surface area contributed by atoms with E-state index in [4.69, 9.17) is 0 Å². The summed E-state index contributed by atoms with van der Waals surface area (Å²) in [5.74, 6) is 0.823. The molecule has 0 fully saturated rings. The lowest BCUT2D eigenvalue weighted by Gasteiger charge is -1.96. The normalized spacial score (nSPS) is 10.3. The van der Waals surface area contributed by atoms with Crippen LogP contribution in [0.5, 0.6) is 0 Å². The molecule has 0 unspecified atom stereocenters. The second-order valence-electron chi connectivity index (χ2n) is 18.1. The Morgan fingerprint density at radius 3 is 1.53 bits per heavy atom. The van der Waals surface area contributed by atoms with Gasteiger partial charge in [-0.25, -0.2) is 15.0 Å². The molecule has 11 nitrogen and oxygen atoms in total. The summed E-state index contributed by atoms with van der Waals surface area (Å²) >= 11 is 0. The molecule has 0 radical (unpaired) electrons. The number of pyridine rings is 3. The maximum atomic E-state index is 4.31. The number of fused-ring (bicyclic) bond motifs is 7. The van der Waals surface area contributed by atoms with Crippen molar-refractivity contribution in [1.29, 1.82) is 0 Å². The highest BCUT2D eigenvalue weighted by atomic mass is 14.9. The van der Waals surface area contributed by atoms with Crippen molar-refractivity contribution in [1.82, 2.24) is 54.8 Å².